The molecule has 1 N–H and O–H groups in total. The van der Waals surface area contributed by atoms with E-state index in [1.807, 2.05) is 4.72 Å². The zero-order valence-corrected chi connectivity index (χ0v) is 19.2. The molecule has 0 bridgehead atoms. The van der Waals surface area contributed by atoms with Crippen LogP contribution in [-0.2, 0) is 26.0 Å². The van der Waals surface area contributed by atoms with Crippen molar-refractivity contribution in [3.05, 3.63) is 59.2 Å². The molecule has 0 saturated heterocycles. The van der Waals surface area contributed by atoms with Gasteiger partial charge in [0, 0.05) is 11.9 Å². The Labute approximate surface area is 196 Å². The number of rotatable bonds is 6. The minimum atomic E-state index is -4.94. The fourth-order valence-corrected chi connectivity index (χ4v) is 7.01. The first kappa shape index (κ1) is 26.1. The molecule has 0 amide bonds. The van der Waals surface area contributed by atoms with Crippen LogP contribution in [0.3, 0.4) is 0 Å². The first-order valence-electron chi connectivity index (χ1n) is 8.45. The van der Waals surface area contributed by atoms with Crippen LogP contribution < -0.4 is 9.46 Å². The van der Waals surface area contributed by atoms with Crippen molar-refractivity contribution in [1.29, 1.82) is 0 Å². The van der Waals surface area contributed by atoms with Crippen molar-refractivity contribution in [2.24, 2.45) is 0 Å². The number of hydrogen-bond donors (Lipinski definition) is 1. The minimum absolute atomic E-state index is 0.153. The number of sulfonamides is 1. The number of aromatic nitrogens is 1. The van der Waals surface area contributed by atoms with Crippen LogP contribution in [0.25, 0.3) is 0 Å². The summed E-state index contributed by atoms with van der Waals surface area (Å²) in [4.78, 5) is 3.28. The van der Waals surface area contributed by atoms with Gasteiger partial charge in [0.15, 0.2) is 5.03 Å². The molecular formula is C17H9ClF6N2O5S3. The van der Waals surface area contributed by atoms with Gasteiger partial charge in [0.1, 0.15) is 14.2 Å². The molecule has 0 fully saturated rings. The normalized spacial score (nSPS) is 13.0. The largest absolute Gasteiger partial charge is 0.573 e. The van der Waals surface area contributed by atoms with Gasteiger partial charge in [-0.2, -0.15) is 13.2 Å². The van der Waals surface area contributed by atoms with Crippen LogP contribution in [0.15, 0.2) is 62.1 Å². The van der Waals surface area contributed by atoms with Crippen molar-refractivity contribution in [1.82, 2.24) is 4.98 Å². The topological polar surface area (TPSA) is 102 Å². The molecule has 0 aliphatic rings. The molecule has 0 spiro atoms. The Morgan fingerprint density at radius 2 is 1.50 bits per heavy atom. The maximum atomic E-state index is 12.8. The summed E-state index contributed by atoms with van der Waals surface area (Å²) in [6.07, 6.45) is -9.48. The number of pyridine rings is 1. The van der Waals surface area contributed by atoms with Crippen LogP contribution in [0.5, 0.6) is 5.75 Å². The smallest absolute Gasteiger partial charge is 0.406 e. The second-order valence-corrected chi connectivity index (χ2v) is 11.8. The average Bonchev–Trinajstić information content (AvgIpc) is 3.19. The molecule has 2 heterocycles. The van der Waals surface area contributed by atoms with Crippen molar-refractivity contribution in [2.75, 3.05) is 4.72 Å². The van der Waals surface area contributed by atoms with Crippen LogP contribution in [-0.4, -0.2) is 28.2 Å². The molecule has 184 valence electrons. The maximum Gasteiger partial charge on any atom is 0.573 e. The second-order valence-electron chi connectivity index (χ2n) is 6.26. The molecule has 7 nitrogen and oxygen atoms in total. The highest BCUT2D eigenvalue weighted by atomic mass is 35.5. The van der Waals surface area contributed by atoms with E-state index in [9.17, 15) is 43.2 Å². The first-order valence-corrected chi connectivity index (χ1v) is 12.6. The third-order valence-electron chi connectivity index (χ3n) is 3.82. The van der Waals surface area contributed by atoms with E-state index in [2.05, 4.69) is 9.72 Å². The molecule has 3 aromatic rings. The third-order valence-corrected chi connectivity index (χ3v) is 9.38. The van der Waals surface area contributed by atoms with Gasteiger partial charge in [-0.1, -0.05) is 11.6 Å². The predicted octanol–water partition coefficient (Wildman–Crippen LogP) is 5.35. The number of anilines is 1. The molecule has 34 heavy (non-hydrogen) atoms. The number of nitrogens with one attached hydrogen (secondary N) is 1. The van der Waals surface area contributed by atoms with E-state index < -0.39 is 62.2 Å². The summed E-state index contributed by atoms with van der Waals surface area (Å²) in [6.45, 7) is 0. The van der Waals surface area contributed by atoms with Gasteiger partial charge in [-0.3, -0.25) is 4.72 Å². The van der Waals surface area contributed by atoms with Crippen LogP contribution >= 0.6 is 22.9 Å². The van der Waals surface area contributed by atoms with Gasteiger partial charge in [0.2, 0.25) is 9.84 Å². The average molecular weight is 567 g/mol. The number of thiophene rings is 1. The van der Waals surface area contributed by atoms with Crippen LogP contribution in [0.4, 0.5) is 32.0 Å². The van der Waals surface area contributed by atoms with E-state index >= 15 is 0 Å². The van der Waals surface area contributed by atoms with E-state index in [4.69, 9.17) is 11.6 Å². The Kier molecular flexibility index (Phi) is 6.82. The minimum Gasteiger partial charge on any atom is -0.406 e. The lowest BCUT2D eigenvalue weighted by atomic mass is 10.3. The van der Waals surface area contributed by atoms with Gasteiger partial charge in [0.25, 0.3) is 10.0 Å². The monoisotopic (exact) mass is 566 g/mol. The van der Waals surface area contributed by atoms with Gasteiger partial charge in [-0.05, 0) is 42.5 Å². The van der Waals surface area contributed by atoms with Crippen molar-refractivity contribution in [3.63, 3.8) is 0 Å². The number of hydrogen-bond acceptors (Lipinski definition) is 7. The number of halogens is 7. The number of alkyl halides is 6. The SMILES string of the molecule is O=S(=O)(Nc1ccc(OC(F)(F)F)cc1)c1ccc(S(=O)(=O)c2ncc(C(F)(F)F)cc2Cl)s1. The fraction of sp³-hybridized carbons (Fsp3) is 0.118. The molecule has 1 aromatic carbocycles. The van der Waals surface area contributed by atoms with E-state index in [1.54, 1.807) is 0 Å². The first-order chi connectivity index (χ1) is 15.5. The van der Waals surface area contributed by atoms with Crippen molar-refractivity contribution < 1.29 is 47.9 Å². The molecule has 0 aliphatic carbocycles. The van der Waals surface area contributed by atoms with E-state index in [-0.39, 0.29) is 23.2 Å². The molecule has 0 aliphatic heterocycles. The standard InChI is InChI=1S/C17H9ClF6N2O5S3/c18-12-7-9(16(19,20)21)8-25-15(12)33(27,28)13-5-6-14(32-13)34(29,30)26-10-1-3-11(4-2-10)31-17(22,23)24/h1-8,26H. The Balaban J connectivity index is 1.85. The number of sulfone groups is 1. The Morgan fingerprint density at radius 1 is 0.912 bits per heavy atom. The van der Waals surface area contributed by atoms with Gasteiger partial charge in [-0.25, -0.2) is 21.8 Å². The summed E-state index contributed by atoms with van der Waals surface area (Å²) in [6, 6.07) is 5.86. The molecule has 17 heteroatoms. The van der Waals surface area contributed by atoms with Gasteiger partial charge in [0.05, 0.1) is 10.6 Å². The number of ether oxygens (including phenoxy) is 1. The molecular weight excluding hydrogens is 558 g/mol. The Hall–Kier alpha value is -2.56. The van der Waals surface area contributed by atoms with Crippen LogP contribution in [0.1, 0.15) is 5.56 Å². The quantitative estimate of drug-likeness (QED) is 0.404. The van der Waals surface area contributed by atoms with Gasteiger partial charge < -0.3 is 4.74 Å². The lowest BCUT2D eigenvalue weighted by molar-refractivity contribution is -0.274. The van der Waals surface area contributed by atoms with Crippen molar-refractivity contribution >= 4 is 48.5 Å². The third kappa shape index (κ3) is 5.92. The summed E-state index contributed by atoms with van der Waals surface area (Å²) < 4.78 is 130. The second kappa shape index (κ2) is 8.90. The molecule has 3 rings (SSSR count). The van der Waals surface area contributed by atoms with Crippen molar-refractivity contribution in [2.45, 2.75) is 26.0 Å². The molecule has 0 unspecified atom stereocenters. The highest BCUT2D eigenvalue weighted by Gasteiger charge is 2.34. The Morgan fingerprint density at radius 3 is 2.03 bits per heavy atom. The highest BCUT2D eigenvalue weighted by molar-refractivity contribution is 7.96. The number of nitrogens with zero attached hydrogens (tertiary/aromatic N) is 1. The van der Waals surface area contributed by atoms with Crippen LogP contribution in [0.2, 0.25) is 5.02 Å². The summed E-state index contributed by atoms with van der Waals surface area (Å²) in [7, 11) is -8.95. The van der Waals surface area contributed by atoms with E-state index in [0.29, 0.717) is 6.07 Å². The molecule has 0 atom stereocenters. The molecule has 2 aromatic heterocycles. The summed E-state index contributed by atoms with van der Waals surface area (Å²) in [5, 5.41) is -1.71. The van der Waals surface area contributed by atoms with Gasteiger partial charge in [-0.15, -0.1) is 24.5 Å². The van der Waals surface area contributed by atoms with E-state index in [0.717, 1.165) is 36.4 Å². The van der Waals surface area contributed by atoms with Gasteiger partial charge >= 0.3 is 12.5 Å². The number of benzene rings is 1. The van der Waals surface area contributed by atoms with Crippen LogP contribution in [0, 0.1) is 0 Å². The van der Waals surface area contributed by atoms with Crippen molar-refractivity contribution in [3.8, 4) is 5.75 Å². The van der Waals surface area contributed by atoms with E-state index in [1.165, 1.54) is 0 Å². The Bertz CT molecular complexity index is 1420. The summed E-state index contributed by atoms with van der Waals surface area (Å²) in [5.41, 5.74) is -1.43. The summed E-state index contributed by atoms with van der Waals surface area (Å²) >= 11 is 5.94. The summed E-state index contributed by atoms with van der Waals surface area (Å²) in [5.74, 6) is -0.596. The molecule has 0 radical (unpaired) electrons. The maximum absolute atomic E-state index is 12.8. The predicted molar refractivity (Wildman–Crippen MR) is 108 cm³/mol. The zero-order valence-electron chi connectivity index (χ0n) is 16.0. The lowest BCUT2D eigenvalue weighted by Crippen LogP contribution is -2.17. The lowest BCUT2D eigenvalue weighted by Gasteiger charge is -2.10. The fourth-order valence-electron chi connectivity index (χ4n) is 2.40. The zero-order chi connectivity index (χ0) is 25.5. The molecule has 0 saturated carbocycles. The highest BCUT2D eigenvalue weighted by Crippen LogP contribution is 2.36.